The molecule has 0 N–H and O–H groups in total. The van der Waals surface area contributed by atoms with Crippen LogP contribution >= 0.6 is 0 Å². The fourth-order valence-corrected chi connectivity index (χ4v) is 4.95. The number of benzene rings is 2. The molecule has 1 saturated heterocycles. The normalized spacial score (nSPS) is 15.6. The van der Waals surface area contributed by atoms with Crippen LogP contribution in [-0.4, -0.2) is 35.6 Å². The maximum absolute atomic E-state index is 14.0. The van der Waals surface area contributed by atoms with Gasteiger partial charge in [-0.3, -0.25) is 4.90 Å². The van der Waals surface area contributed by atoms with Crippen molar-refractivity contribution in [2.75, 3.05) is 18.0 Å². The van der Waals surface area contributed by atoms with E-state index < -0.39 is 6.55 Å². The predicted octanol–water partition coefficient (Wildman–Crippen LogP) is 6.56. The molecule has 1 aliphatic carbocycles. The Hall–Kier alpha value is -3.74. The lowest BCUT2D eigenvalue weighted by molar-refractivity contribution is 0.0980. The number of aromatic nitrogens is 1. The molecular weight excluding hydrogens is 463 g/mol. The van der Waals surface area contributed by atoms with Gasteiger partial charge in [0.15, 0.2) is 0 Å². The summed E-state index contributed by atoms with van der Waals surface area (Å²) in [4.78, 5) is 7.40. The van der Waals surface area contributed by atoms with E-state index in [0.29, 0.717) is 43.3 Å². The van der Waals surface area contributed by atoms with E-state index >= 15 is 0 Å². The van der Waals surface area contributed by atoms with Crippen LogP contribution in [0.25, 0.3) is 5.57 Å². The van der Waals surface area contributed by atoms with Crippen molar-refractivity contribution in [1.82, 2.24) is 9.88 Å². The van der Waals surface area contributed by atoms with E-state index in [2.05, 4.69) is 17.6 Å². The predicted molar refractivity (Wildman–Crippen MR) is 135 cm³/mol. The summed E-state index contributed by atoms with van der Waals surface area (Å²) in [6.45, 7) is 4.25. The molecule has 5 rings (SSSR count). The van der Waals surface area contributed by atoms with E-state index in [-0.39, 0.29) is 11.9 Å². The monoisotopic (exact) mass is 491 g/mol. The molecule has 0 bridgehead atoms. The van der Waals surface area contributed by atoms with Gasteiger partial charge in [0.2, 0.25) is 5.88 Å². The van der Waals surface area contributed by atoms with Crippen molar-refractivity contribution in [3.63, 3.8) is 0 Å². The number of rotatable bonds is 7. The van der Waals surface area contributed by atoms with Gasteiger partial charge in [-0.2, -0.15) is 8.78 Å². The van der Waals surface area contributed by atoms with E-state index in [1.165, 1.54) is 12.1 Å². The largest absolute Gasteiger partial charge is 0.474 e. The van der Waals surface area contributed by atoms with Crippen LogP contribution in [0.15, 0.2) is 79.3 Å². The molecular formula is C29H28F3N3O. The molecule has 0 saturated carbocycles. The van der Waals surface area contributed by atoms with E-state index in [1.807, 2.05) is 36.1 Å². The van der Waals surface area contributed by atoms with Gasteiger partial charge in [-0.25, -0.2) is 9.37 Å². The minimum Gasteiger partial charge on any atom is -0.474 e. The van der Waals surface area contributed by atoms with Gasteiger partial charge in [0.05, 0.1) is 5.69 Å². The lowest BCUT2D eigenvalue weighted by Gasteiger charge is -2.39. The molecule has 2 aromatic carbocycles. The van der Waals surface area contributed by atoms with Crippen LogP contribution < -0.4 is 9.64 Å². The number of ether oxygens (including phenoxy) is 1. The Labute approximate surface area is 209 Å². The van der Waals surface area contributed by atoms with Gasteiger partial charge >= 0.3 is 6.55 Å². The molecule has 0 unspecified atom stereocenters. The zero-order valence-corrected chi connectivity index (χ0v) is 20.1. The highest BCUT2D eigenvalue weighted by Crippen LogP contribution is 2.35. The number of pyridine rings is 1. The lowest BCUT2D eigenvalue weighted by atomic mass is 10.0. The van der Waals surface area contributed by atoms with Gasteiger partial charge in [-0.05, 0) is 53.8 Å². The molecule has 2 aliphatic rings. The molecule has 1 fully saturated rings. The highest BCUT2D eigenvalue weighted by atomic mass is 19.3. The van der Waals surface area contributed by atoms with Crippen molar-refractivity contribution in [2.24, 2.45) is 0 Å². The molecule has 4 nitrogen and oxygen atoms in total. The lowest BCUT2D eigenvalue weighted by Crippen LogP contribution is -2.44. The van der Waals surface area contributed by atoms with Crippen LogP contribution in [-0.2, 0) is 6.42 Å². The summed E-state index contributed by atoms with van der Waals surface area (Å²) in [7, 11) is 0. The van der Waals surface area contributed by atoms with Crippen LogP contribution in [0.3, 0.4) is 0 Å². The van der Waals surface area contributed by atoms with E-state index in [9.17, 15) is 13.2 Å². The van der Waals surface area contributed by atoms with E-state index in [0.717, 1.165) is 39.1 Å². The number of hydrogen-bond acceptors (Lipinski definition) is 4. The van der Waals surface area contributed by atoms with Crippen molar-refractivity contribution < 1.29 is 17.9 Å². The fraction of sp³-hybridized carbons (Fsp3) is 0.276. The molecule has 3 aromatic rings. The number of alkyl halides is 2. The van der Waals surface area contributed by atoms with Gasteiger partial charge < -0.3 is 9.64 Å². The molecule has 0 amide bonds. The number of hydrogen-bond donors (Lipinski definition) is 0. The summed E-state index contributed by atoms with van der Waals surface area (Å²) < 4.78 is 47.8. The molecule has 36 heavy (non-hydrogen) atoms. The van der Waals surface area contributed by atoms with Gasteiger partial charge in [0, 0.05) is 43.8 Å². The van der Waals surface area contributed by atoms with Crippen LogP contribution in [0, 0.1) is 12.7 Å². The first kappa shape index (κ1) is 24.0. The summed E-state index contributed by atoms with van der Waals surface area (Å²) in [6.07, 6.45) is 5.90. The molecule has 1 aromatic heterocycles. The number of piperidine rings is 1. The highest BCUT2D eigenvalue weighted by molar-refractivity contribution is 5.84. The Bertz CT molecular complexity index is 1300. The van der Waals surface area contributed by atoms with Crippen molar-refractivity contribution in [3.8, 4) is 5.88 Å². The summed E-state index contributed by atoms with van der Waals surface area (Å²) >= 11 is 0. The molecule has 186 valence electrons. The van der Waals surface area contributed by atoms with Gasteiger partial charge in [-0.15, -0.1) is 0 Å². The number of aryl methyl sites for hydroxylation is 1. The van der Waals surface area contributed by atoms with Crippen molar-refractivity contribution >= 4 is 11.3 Å². The van der Waals surface area contributed by atoms with E-state index in [1.54, 1.807) is 24.4 Å². The molecule has 0 radical (unpaired) electrons. The number of para-hydroxylation sites is 1. The summed E-state index contributed by atoms with van der Waals surface area (Å²) in [6, 6.07) is 15.6. The first-order valence-corrected chi connectivity index (χ1v) is 12.1. The fourth-order valence-electron chi connectivity index (χ4n) is 4.95. The molecule has 0 atom stereocenters. The SMILES string of the molecule is C=C(N1CCC(Oc2cc3c(cn2)C(c2cccc(F)c2)=CC3)CC1)N(c1ccccc1C)C(F)F. The van der Waals surface area contributed by atoms with E-state index in [4.69, 9.17) is 4.74 Å². The second-order valence-electron chi connectivity index (χ2n) is 9.17. The maximum Gasteiger partial charge on any atom is 0.320 e. The van der Waals surface area contributed by atoms with Crippen LogP contribution in [0.2, 0.25) is 0 Å². The van der Waals surface area contributed by atoms with Gasteiger partial charge in [0.25, 0.3) is 0 Å². The van der Waals surface area contributed by atoms with Crippen molar-refractivity contribution in [2.45, 2.75) is 38.8 Å². The zero-order chi connectivity index (χ0) is 25.2. The standard InChI is InChI=1S/C29H28F3N3O/c1-19-6-3-4-9-27(19)35(29(31)32)20(2)34-14-12-24(13-15-34)36-28-17-22-10-11-25(26(22)18-33-28)21-7-5-8-23(30)16-21/h3-9,11,16-18,24,29H,2,10,12-15H2,1H3. The number of nitrogens with zero attached hydrogens (tertiary/aromatic N) is 3. The average molecular weight is 492 g/mol. The van der Waals surface area contributed by atoms with Crippen LogP contribution in [0.1, 0.15) is 35.1 Å². The average Bonchev–Trinajstić information content (AvgIpc) is 3.29. The minimum absolute atomic E-state index is 0.0601. The Morgan fingerprint density at radius 3 is 2.61 bits per heavy atom. The zero-order valence-electron chi connectivity index (χ0n) is 20.1. The third kappa shape index (κ3) is 4.83. The van der Waals surface area contributed by atoms with Crippen molar-refractivity contribution in [1.29, 1.82) is 0 Å². The van der Waals surface area contributed by atoms with Gasteiger partial charge in [-0.1, -0.05) is 43.0 Å². The Morgan fingerprint density at radius 1 is 1.11 bits per heavy atom. The van der Waals surface area contributed by atoms with Crippen LogP contribution in [0.4, 0.5) is 18.9 Å². The summed E-state index contributed by atoms with van der Waals surface area (Å²) in [5.41, 5.74) is 5.13. The quantitative estimate of drug-likeness (QED) is 0.350. The molecule has 1 aliphatic heterocycles. The molecule has 7 heteroatoms. The Morgan fingerprint density at radius 2 is 1.89 bits per heavy atom. The highest BCUT2D eigenvalue weighted by Gasteiger charge is 2.29. The number of halogens is 3. The third-order valence-corrected chi connectivity index (χ3v) is 6.86. The summed E-state index contributed by atoms with van der Waals surface area (Å²) in [5, 5.41) is 0. The summed E-state index contributed by atoms with van der Waals surface area (Å²) in [5.74, 6) is 0.581. The number of likely N-dealkylation sites (tertiary alicyclic amines) is 1. The van der Waals surface area contributed by atoms with Crippen LogP contribution in [0.5, 0.6) is 5.88 Å². The second-order valence-corrected chi connectivity index (χ2v) is 9.17. The topological polar surface area (TPSA) is 28.6 Å². The minimum atomic E-state index is -2.69. The third-order valence-electron chi connectivity index (χ3n) is 6.86. The molecule has 2 heterocycles. The first-order chi connectivity index (χ1) is 17.4. The van der Waals surface area contributed by atoms with Crippen molar-refractivity contribution in [3.05, 3.63) is 107 Å². The molecule has 0 spiro atoms. The Kier molecular flexibility index (Phi) is 6.72. The second kappa shape index (κ2) is 10.1. The van der Waals surface area contributed by atoms with Gasteiger partial charge in [0.1, 0.15) is 17.7 Å². The smallest absolute Gasteiger partial charge is 0.320 e. The number of fused-ring (bicyclic) bond motifs is 1. The number of allylic oxidation sites excluding steroid dienone is 1. The maximum atomic E-state index is 14.0. The number of anilines is 1. The Balaban J connectivity index is 1.21. The first-order valence-electron chi connectivity index (χ1n) is 12.1.